The first kappa shape index (κ1) is 9.33. The Morgan fingerprint density at radius 3 is 2.71 bits per heavy atom. The standard InChI is InChI=1S/C9H9BrN2O2/c1-11-7-3-2-6(10)8(12-7)9-13-4-5-14-9/h2-5,9H,1H3,(H,11,12). The molecule has 14 heavy (non-hydrogen) atoms. The average molecular weight is 257 g/mol. The fourth-order valence-corrected chi connectivity index (χ4v) is 1.54. The second-order valence-electron chi connectivity index (χ2n) is 2.69. The lowest BCUT2D eigenvalue weighted by Crippen LogP contribution is -2.04. The van der Waals surface area contributed by atoms with Crippen LogP contribution in [0.4, 0.5) is 5.82 Å². The van der Waals surface area contributed by atoms with Gasteiger partial charge in [-0.25, -0.2) is 4.98 Å². The van der Waals surface area contributed by atoms with E-state index in [1.54, 1.807) is 0 Å². The summed E-state index contributed by atoms with van der Waals surface area (Å²) in [6, 6.07) is 3.77. The molecule has 0 spiro atoms. The molecule has 74 valence electrons. The molecule has 2 heterocycles. The van der Waals surface area contributed by atoms with Crippen molar-refractivity contribution in [2.24, 2.45) is 0 Å². The van der Waals surface area contributed by atoms with Crippen molar-refractivity contribution >= 4 is 21.7 Å². The van der Waals surface area contributed by atoms with Gasteiger partial charge in [0, 0.05) is 11.5 Å². The summed E-state index contributed by atoms with van der Waals surface area (Å²) in [5, 5.41) is 2.95. The lowest BCUT2D eigenvalue weighted by atomic mass is 10.3. The van der Waals surface area contributed by atoms with Crippen LogP contribution in [0.3, 0.4) is 0 Å². The smallest absolute Gasteiger partial charge is 0.284 e. The minimum Gasteiger partial charge on any atom is -0.454 e. The van der Waals surface area contributed by atoms with Crippen LogP contribution in [0.25, 0.3) is 0 Å². The number of aromatic nitrogens is 1. The molecule has 0 unspecified atom stereocenters. The summed E-state index contributed by atoms with van der Waals surface area (Å²) in [5.74, 6) is 0.780. The molecule has 5 heteroatoms. The van der Waals surface area contributed by atoms with Gasteiger partial charge in [0.25, 0.3) is 6.29 Å². The van der Waals surface area contributed by atoms with Crippen molar-refractivity contribution in [1.82, 2.24) is 4.98 Å². The van der Waals surface area contributed by atoms with Gasteiger partial charge in [-0.15, -0.1) is 0 Å². The summed E-state index contributed by atoms with van der Waals surface area (Å²) in [7, 11) is 1.81. The van der Waals surface area contributed by atoms with Gasteiger partial charge in [0.1, 0.15) is 24.0 Å². The molecule has 1 aromatic rings. The Bertz CT molecular complexity index is 360. The maximum Gasteiger partial charge on any atom is 0.284 e. The molecule has 0 radical (unpaired) electrons. The van der Waals surface area contributed by atoms with E-state index in [1.165, 1.54) is 12.5 Å². The van der Waals surface area contributed by atoms with Crippen molar-refractivity contribution in [1.29, 1.82) is 0 Å². The van der Waals surface area contributed by atoms with E-state index in [0.717, 1.165) is 16.0 Å². The largest absolute Gasteiger partial charge is 0.454 e. The highest BCUT2D eigenvalue weighted by Crippen LogP contribution is 2.29. The van der Waals surface area contributed by atoms with E-state index >= 15 is 0 Å². The SMILES string of the molecule is CNc1ccc(Br)c(C2OC=CO2)n1. The number of hydrogen-bond donors (Lipinski definition) is 1. The Balaban J connectivity index is 2.30. The molecule has 1 aliphatic rings. The van der Waals surface area contributed by atoms with E-state index in [9.17, 15) is 0 Å². The van der Waals surface area contributed by atoms with Crippen molar-refractivity contribution < 1.29 is 9.47 Å². The van der Waals surface area contributed by atoms with E-state index < -0.39 is 6.29 Å². The van der Waals surface area contributed by atoms with Gasteiger partial charge in [-0.2, -0.15) is 0 Å². The van der Waals surface area contributed by atoms with Crippen LogP contribution in [0.1, 0.15) is 12.0 Å². The normalized spacial score (nSPS) is 15.0. The Morgan fingerprint density at radius 1 is 1.36 bits per heavy atom. The summed E-state index contributed by atoms with van der Waals surface area (Å²) >= 11 is 3.39. The molecule has 0 aliphatic carbocycles. The maximum absolute atomic E-state index is 5.20. The minimum atomic E-state index is -0.447. The summed E-state index contributed by atoms with van der Waals surface area (Å²) in [6.45, 7) is 0. The minimum absolute atomic E-state index is 0.447. The first-order valence-corrected chi connectivity index (χ1v) is 4.90. The van der Waals surface area contributed by atoms with Gasteiger partial charge in [-0.05, 0) is 28.1 Å². The zero-order valence-electron chi connectivity index (χ0n) is 7.53. The number of rotatable bonds is 2. The second-order valence-corrected chi connectivity index (χ2v) is 3.54. The molecule has 0 bridgehead atoms. The van der Waals surface area contributed by atoms with E-state index in [-0.39, 0.29) is 0 Å². The highest BCUT2D eigenvalue weighted by atomic mass is 79.9. The Labute approximate surface area is 90.1 Å². The first-order valence-electron chi connectivity index (χ1n) is 4.11. The number of nitrogens with zero attached hydrogens (tertiary/aromatic N) is 1. The summed E-state index contributed by atoms with van der Waals surface area (Å²) in [4.78, 5) is 4.32. The quantitative estimate of drug-likeness (QED) is 0.883. The molecule has 4 nitrogen and oxygen atoms in total. The van der Waals surface area contributed by atoms with Crippen LogP contribution < -0.4 is 5.32 Å². The average Bonchev–Trinajstić information content (AvgIpc) is 2.71. The van der Waals surface area contributed by atoms with Crippen LogP contribution in [0.15, 0.2) is 29.1 Å². The zero-order valence-corrected chi connectivity index (χ0v) is 9.11. The summed E-state index contributed by atoms with van der Waals surface area (Å²) < 4.78 is 11.3. The van der Waals surface area contributed by atoms with Gasteiger partial charge in [0.05, 0.1) is 0 Å². The van der Waals surface area contributed by atoms with Crippen molar-refractivity contribution in [2.45, 2.75) is 6.29 Å². The third kappa shape index (κ3) is 1.68. The van der Waals surface area contributed by atoms with Gasteiger partial charge >= 0.3 is 0 Å². The lowest BCUT2D eigenvalue weighted by Gasteiger charge is -2.12. The van der Waals surface area contributed by atoms with Crippen molar-refractivity contribution in [3.63, 3.8) is 0 Å². The predicted molar refractivity (Wildman–Crippen MR) is 55.5 cm³/mol. The number of halogens is 1. The monoisotopic (exact) mass is 256 g/mol. The molecule has 0 aromatic carbocycles. The number of ether oxygens (including phenoxy) is 2. The van der Waals surface area contributed by atoms with Crippen LogP contribution >= 0.6 is 15.9 Å². The number of anilines is 1. The van der Waals surface area contributed by atoms with E-state index in [0.29, 0.717) is 0 Å². The molecular formula is C9H9BrN2O2. The van der Waals surface area contributed by atoms with Crippen LogP contribution in [0, 0.1) is 0 Å². The number of pyridine rings is 1. The van der Waals surface area contributed by atoms with E-state index in [4.69, 9.17) is 9.47 Å². The van der Waals surface area contributed by atoms with Crippen molar-refractivity contribution in [3.05, 3.63) is 34.8 Å². The third-order valence-electron chi connectivity index (χ3n) is 1.81. The molecule has 0 fully saturated rings. The highest BCUT2D eigenvalue weighted by molar-refractivity contribution is 9.10. The second kappa shape index (κ2) is 3.88. The van der Waals surface area contributed by atoms with Crippen molar-refractivity contribution in [3.8, 4) is 0 Å². The third-order valence-corrected chi connectivity index (χ3v) is 2.48. The Morgan fingerprint density at radius 2 is 2.07 bits per heavy atom. The van der Waals surface area contributed by atoms with Crippen LogP contribution in [-0.2, 0) is 9.47 Å². The molecule has 0 saturated carbocycles. The van der Waals surface area contributed by atoms with E-state index in [2.05, 4.69) is 26.2 Å². The zero-order chi connectivity index (χ0) is 9.97. The van der Waals surface area contributed by atoms with Gasteiger partial charge in [-0.1, -0.05) is 0 Å². The molecule has 0 saturated heterocycles. The van der Waals surface area contributed by atoms with Crippen LogP contribution in [0.2, 0.25) is 0 Å². The maximum atomic E-state index is 5.20. The molecule has 2 rings (SSSR count). The number of nitrogens with one attached hydrogen (secondary N) is 1. The van der Waals surface area contributed by atoms with Crippen LogP contribution in [-0.4, -0.2) is 12.0 Å². The Kier molecular flexibility index (Phi) is 2.58. The van der Waals surface area contributed by atoms with Gasteiger partial charge in [0.2, 0.25) is 0 Å². The molecular weight excluding hydrogens is 248 g/mol. The van der Waals surface area contributed by atoms with E-state index in [1.807, 2.05) is 19.2 Å². The highest BCUT2D eigenvalue weighted by Gasteiger charge is 2.20. The number of hydrogen-bond acceptors (Lipinski definition) is 4. The Hall–Kier alpha value is -1.23. The molecule has 0 amide bonds. The topological polar surface area (TPSA) is 43.4 Å². The molecule has 0 atom stereocenters. The molecule has 1 aromatic heterocycles. The van der Waals surface area contributed by atoms with Gasteiger partial charge in [-0.3, -0.25) is 0 Å². The van der Waals surface area contributed by atoms with Crippen LogP contribution in [0.5, 0.6) is 0 Å². The lowest BCUT2D eigenvalue weighted by molar-refractivity contribution is -0.0284. The van der Waals surface area contributed by atoms with Gasteiger partial charge in [0.15, 0.2) is 0 Å². The summed E-state index contributed by atoms with van der Waals surface area (Å²) in [6.07, 6.45) is 2.56. The first-order chi connectivity index (χ1) is 6.81. The molecule has 1 N–H and O–H groups in total. The fourth-order valence-electron chi connectivity index (χ4n) is 1.13. The fraction of sp³-hybridized carbons (Fsp3) is 0.222. The summed E-state index contributed by atoms with van der Waals surface area (Å²) in [5.41, 5.74) is 0.724. The van der Waals surface area contributed by atoms with Gasteiger partial charge < -0.3 is 14.8 Å². The van der Waals surface area contributed by atoms with Crippen molar-refractivity contribution in [2.75, 3.05) is 12.4 Å². The molecule has 1 aliphatic heterocycles. The predicted octanol–water partition coefficient (Wildman–Crippen LogP) is 2.40.